The number of unbranched alkanes of at least 4 members (excludes halogenated alkanes) is 9. The molecular weight excluding hydrogens is 478 g/mol. The van der Waals surface area contributed by atoms with E-state index in [2.05, 4.69) is 11.9 Å². The van der Waals surface area contributed by atoms with Gasteiger partial charge in [0.25, 0.3) is 0 Å². The topological polar surface area (TPSA) is 119 Å². The van der Waals surface area contributed by atoms with Crippen molar-refractivity contribution in [2.24, 2.45) is 0 Å². The third kappa shape index (κ3) is 11.2. The molecule has 0 saturated heterocycles. The van der Waals surface area contributed by atoms with Gasteiger partial charge >= 0.3 is 0 Å². The number of aromatic carboxylic acids is 1. The fourth-order valence-corrected chi connectivity index (χ4v) is 4.81. The molecule has 8 heteroatoms. The number of carbonyl (C=O) groups excluding carboxylic acids is 2. The largest absolute Gasteiger partial charge is 0.545 e. The van der Waals surface area contributed by atoms with Crippen LogP contribution in [0.15, 0.2) is 47.4 Å². The van der Waals surface area contributed by atoms with Gasteiger partial charge in [-0.1, -0.05) is 76.8 Å². The fourth-order valence-electron chi connectivity index (χ4n) is 3.73. The number of ether oxygens (including phenoxy) is 1. The Bertz CT molecular complexity index is 1040. The molecule has 0 bridgehead atoms. The smallest absolute Gasteiger partial charge is 0.144 e. The molecule has 7 nitrogen and oxygen atoms in total. The Labute approximate surface area is 216 Å². The first-order chi connectivity index (χ1) is 17.4. The summed E-state index contributed by atoms with van der Waals surface area (Å²) in [7, 11) is -1.55. The number of hydrogen-bond donors (Lipinski definition) is 0. The van der Waals surface area contributed by atoms with Crippen LogP contribution in [0.2, 0.25) is 0 Å². The maximum Gasteiger partial charge on any atom is 0.144 e. The summed E-state index contributed by atoms with van der Waals surface area (Å²) in [5.74, 6) is -2.23. The van der Waals surface area contributed by atoms with Crippen molar-refractivity contribution in [1.29, 1.82) is 0 Å². The standard InChI is InChI=1S/C28H37NO6S/c1-2-3-4-5-6-7-8-9-10-11-19-35-26-17-15-23(29-25(26)16-18-27(30)31)21-36(34)24-14-12-13-22(20-24)28(32)33/h12-18,20H,2-11,19,21H2,1H3,(H,30,31)(H,32,33)/p-2/b18-16+. The van der Waals surface area contributed by atoms with E-state index < -0.39 is 22.7 Å². The van der Waals surface area contributed by atoms with Gasteiger partial charge in [0.1, 0.15) is 11.4 Å². The van der Waals surface area contributed by atoms with Crippen LogP contribution in [0.4, 0.5) is 0 Å². The highest BCUT2D eigenvalue weighted by molar-refractivity contribution is 7.84. The van der Waals surface area contributed by atoms with Crippen LogP contribution < -0.4 is 14.9 Å². The molecule has 36 heavy (non-hydrogen) atoms. The number of carboxylic acids is 2. The Morgan fingerprint density at radius 2 is 1.61 bits per heavy atom. The van der Waals surface area contributed by atoms with Gasteiger partial charge in [-0.2, -0.15) is 0 Å². The summed E-state index contributed by atoms with van der Waals surface area (Å²) in [6.45, 7) is 2.72. The Hall–Kier alpha value is -3.00. The number of pyridine rings is 1. The van der Waals surface area contributed by atoms with Gasteiger partial charge in [-0.3, -0.25) is 4.21 Å². The van der Waals surface area contributed by atoms with E-state index in [1.165, 1.54) is 69.2 Å². The lowest BCUT2D eigenvalue weighted by molar-refractivity contribution is -0.297. The first-order valence-corrected chi connectivity index (χ1v) is 13.9. The van der Waals surface area contributed by atoms with Crippen LogP contribution >= 0.6 is 0 Å². The molecule has 196 valence electrons. The summed E-state index contributed by atoms with van der Waals surface area (Å²) in [5, 5.41) is 22.0. The van der Waals surface area contributed by atoms with Crippen molar-refractivity contribution >= 4 is 28.8 Å². The minimum atomic E-state index is -1.55. The molecule has 1 heterocycles. The Morgan fingerprint density at radius 3 is 2.25 bits per heavy atom. The van der Waals surface area contributed by atoms with E-state index in [0.29, 0.717) is 28.6 Å². The van der Waals surface area contributed by atoms with E-state index in [9.17, 15) is 24.0 Å². The molecule has 0 spiro atoms. The number of benzene rings is 1. The van der Waals surface area contributed by atoms with Crippen molar-refractivity contribution in [3.8, 4) is 5.75 Å². The lowest BCUT2D eigenvalue weighted by Crippen LogP contribution is -2.22. The number of carboxylic acid groups (broad SMARTS) is 2. The second-order valence-corrected chi connectivity index (χ2v) is 10.1. The lowest BCUT2D eigenvalue weighted by Gasteiger charge is -2.11. The van der Waals surface area contributed by atoms with Crippen LogP contribution in [0.3, 0.4) is 0 Å². The van der Waals surface area contributed by atoms with Crippen molar-refractivity contribution in [3.63, 3.8) is 0 Å². The highest BCUT2D eigenvalue weighted by Gasteiger charge is 2.11. The highest BCUT2D eigenvalue weighted by atomic mass is 32.2. The summed E-state index contributed by atoms with van der Waals surface area (Å²) in [6.07, 6.45) is 14.3. The molecule has 1 atom stereocenters. The molecule has 0 fully saturated rings. The van der Waals surface area contributed by atoms with E-state index in [-0.39, 0.29) is 11.3 Å². The molecule has 2 rings (SSSR count). The maximum atomic E-state index is 12.7. The Morgan fingerprint density at radius 1 is 0.944 bits per heavy atom. The molecule has 0 saturated carbocycles. The number of aliphatic carboxylic acids is 1. The Balaban J connectivity index is 1.90. The van der Waals surface area contributed by atoms with Crippen molar-refractivity contribution < 1.29 is 28.7 Å². The zero-order chi connectivity index (χ0) is 26.2. The van der Waals surface area contributed by atoms with E-state index in [1.54, 1.807) is 18.2 Å². The summed E-state index contributed by atoms with van der Waals surface area (Å²) in [4.78, 5) is 26.7. The first-order valence-electron chi connectivity index (χ1n) is 12.6. The van der Waals surface area contributed by atoms with Gasteiger partial charge in [0.05, 0.1) is 40.8 Å². The summed E-state index contributed by atoms with van der Waals surface area (Å²) >= 11 is 0. The molecule has 0 amide bonds. The van der Waals surface area contributed by atoms with Gasteiger partial charge in [-0.05, 0) is 48.4 Å². The number of nitrogens with zero attached hydrogens (tertiary/aromatic N) is 1. The number of aromatic nitrogens is 1. The molecule has 1 unspecified atom stereocenters. The van der Waals surface area contributed by atoms with Gasteiger partial charge in [-0.15, -0.1) is 0 Å². The normalized spacial score (nSPS) is 12.0. The summed E-state index contributed by atoms with van der Waals surface area (Å²) in [5.41, 5.74) is 0.711. The Kier molecular flexibility index (Phi) is 13.5. The van der Waals surface area contributed by atoms with Crippen LogP contribution in [0.1, 0.15) is 92.9 Å². The van der Waals surface area contributed by atoms with Crippen LogP contribution in [-0.4, -0.2) is 27.7 Å². The molecule has 0 radical (unpaired) electrons. The molecule has 0 aliphatic rings. The monoisotopic (exact) mass is 513 g/mol. The molecule has 1 aromatic heterocycles. The average molecular weight is 514 g/mol. The quantitative estimate of drug-likeness (QED) is 0.220. The lowest BCUT2D eigenvalue weighted by atomic mass is 10.1. The van der Waals surface area contributed by atoms with Crippen LogP contribution in [0.5, 0.6) is 5.75 Å². The zero-order valence-corrected chi connectivity index (χ0v) is 21.7. The fraction of sp³-hybridized carbons (Fsp3) is 0.464. The zero-order valence-electron chi connectivity index (χ0n) is 20.9. The minimum absolute atomic E-state index is 0.0292. The van der Waals surface area contributed by atoms with Crippen molar-refractivity contribution in [2.75, 3.05) is 6.61 Å². The molecule has 2 aromatic rings. The average Bonchev–Trinajstić information content (AvgIpc) is 2.86. The SMILES string of the molecule is CCCCCCCCCCCCOc1ccc(CS(=O)c2cccc(C(=O)[O-])c2)nc1/C=C/C(=O)[O-]. The second-order valence-electron chi connectivity index (χ2n) is 8.67. The molecular formula is C28H35NO6S-2. The molecule has 1 aromatic carbocycles. The van der Waals surface area contributed by atoms with E-state index in [4.69, 9.17) is 4.74 Å². The summed E-state index contributed by atoms with van der Waals surface area (Å²) < 4.78 is 18.6. The summed E-state index contributed by atoms with van der Waals surface area (Å²) in [6, 6.07) is 9.12. The maximum absolute atomic E-state index is 12.7. The number of rotatable bonds is 18. The first kappa shape index (κ1) is 29.2. The van der Waals surface area contributed by atoms with Gasteiger partial charge in [0, 0.05) is 4.90 Å². The van der Waals surface area contributed by atoms with Crippen molar-refractivity contribution in [2.45, 2.75) is 81.8 Å². The van der Waals surface area contributed by atoms with E-state index in [0.717, 1.165) is 25.3 Å². The van der Waals surface area contributed by atoms with Crippen LogP contribution in [-0.2, 0) is 21.3 Å². The van der Waals surface area contributed by atoms with E-state index >= 15 is 0 Å². The predicted octanol–water partition coefficient (Wildman–Crippen LogP) is 3.82. The molecule has 0 aliphatic heterocycles. The van der Waals surface area contributed by atoms with Gasteiger partial charge in [0.2, 0.25) is 0 Å². The van der Waals surface area contributed by atoms with Gasteiger partial charge in [-0.25, -0.2) is 4.98 Å². The van der Waals surface area contributed by atoms with Crippen molar-refractivity contribution in [3.05, 3.63) is 59.4 Å². The van der Waals surface area contributed by atoms with E-state index in [1.807, 2.05) is 0 Å². The molecule has 0 N–H and O–H groups in total. The molecule has 0 aliphatic carbocycles. The van der Waals surface area contributed by atoms with Gasteiger partial charge < -0.3 is 24.5 Å². The highest BCUT2D eigenvalue weighted by Crippen LogP contribution is 2.21. The number of hydrogen-bond acceptors (Lipinski definition) is 7. The predicted molar refractivity (Wildman–Crippen MR) is 137 cm³/mol. The second kappa shape index (κ2) is 16.6. The third-order valence-corrected chi connectivity index (χ3v) is 7.03. The minimum Gasteiger partial charge on any atom is -0.545 e. The van der Waals surface area contributed by atoms with Crippen molar-refractivity contribution in [1.82, 2.24) is 4.98 Å². The third-order valence-electron chi connectivity index (χ3n) is 5.69. The van der Waals surface area contributed by atoms with Gasteiger partial charge in [0.15, 0.2) is 0 Å². The van der Waals surface area contributed by atoms with Crippen LogP contribution in [0.25, 0.3) is 6.08 Å². The van der Waals surface area contributed by atoms with Crippen LogP contribution in [0, 0.1) is 0 Å². The number of carbonyl (C=O) groups is 2.